The summed E-state index contributed by atoms with van der Waals surface area (Å²) in [5.74, 6) is 0. The van der Waals surface area contributed by atoms with Crippen molar-refractivity contribution >= 4 is 0 Å². The molecule has 2 atom stereocenters. The van der Waals surface area contributed by atoms with Crippen LogP contribution in [0.25, 0.3) is 0 Å². The van der Waals surface area contributed by atoms with Gasteiger partial charge >= 0.3 is 0 Å². The summed E-state index contributed by atoms with van der Waals surface area (Å²) < 4.78 is 0. The molecule has 19 heavy (non-hydrogen) atoms. The first-order chi connectivity index (χ1) is 9.16. The second-order valence-electron chi connectivity index (χ2n) is 6.05. The molecule has 2 unspecified atom stereocenters. The molecule has 1 heterocycles. The van der Waals surface area contributed by atoms with Crippen molar-refractivity contribution in [1.82, 2.24) is 4.90 Å². The van der Waals surface area contributed by atoms with Gasteiger partial charge < -0.3 is 5.73 Å². The van der Waals surface area contributed by atoms with Crippen LogP contribution in [0.5, 0.6) is 0 Å². The largest absolute Gasteiger partial charge is 0.326 e. The Kier molecular flexibility index (Phi) is 5.00. The molecule has 2 nitrogen and oxygen atoms in total. The first-order valence-electron chi connectivity index (χ1n) is 7.71. The van der Waals surface area contributed by atoms with Crippen LogP contribution in [-0.4, -0.2) is 29.6 Å². The van der Waals surface area contributed by atoms with Gasteiger partial charge in [-0.3, -0.25) is 4.90 Å². The maximum Gasteiger partial charge on any atom is 0.0332 e. The third-order valence-corrected chi connectivity index (χ3v) is 4.89. The minimum atomic E-state index is 0.135. The van der Waals surface area contributed by atoms with Crippen molar-refractivity contribution in [2.24, 2.45) is 5.73 Å². The Balaban J connectivity index is 2.06. The predicted molar refractivity (Wildman–Crippen MR) is 82.2 cm³/mol. The first-order valence-corrected chi connectivity index (χ1v) is 7.71. The molecular formula is C17H28N2. The molecule has 0 aliphatic carbocycles. The molecule has 2 N–H and O–H groups in total. The van der Waals surface area contributed by atoms with E-state index >= 15 is 0 Å². The molecule has 1 aromatic carbocycles. The highest BCUT2D eigenvalue weighted by Crippen LogP contribution is 2.28. The van der Waals surface area contributed by atoms with E-state index in [9.17, 15) is 0 Å². The van der Waals surface area contributed by atoms with Crippen LogP contribution < -0.4 is 5.73 Å². The van der Waals surface area contributed by atoms with Gasteiger partial charge in [0.25, 0.3) is 0 Å². The van der Waals surface area contributed by atoms with Gasteiger partial charge in [0.05, 0.1) is 0 Å². The number of hydrogen-bond acceptors (Lipinski definition) is 2. The molecular weight excluding hydrogens is 232 g/mol. The van der Waals surface area contributed by atoms with Gasteiger partial charge in [0.15, 0.2) is 0 Å². The highest BCUT2D eigenvalue weighted by molar-refractivity contribution is 5.17. The molecule has 1 aliphatic rings. The molecule has 0 bridgehead atoms. The fraction of sp³-hybridized carbons (Fsp3) is 0.647. The lowest BCUT2D eigenvalue weighted by Gasteiger charge is -2.47. The zero-order chi connectivity index (χ0) is 13.7. The average molecular weight is 260 g/mol. The van der Waals surface area contributed by atoms with Gasteiger partial charge in [0, 0.05) is 11.6 Å². The predicted octanol–water partition coefficient (Wildman–Crippen LogP) is 3.21. The Bertz CT molecular complexity index is 370. The number of nitrogens with two attached hydrogens (primary N) is 1. The van der Waals surface area contributed by atoms with Gasteiger partial charge in [-0.25, -0.2) is 0 Å². The number of nitrogens with zero attached hydrogens (tertiary/aromatic N) is 1. The van der Waals surface area contributed by atoms with Crippen LogP contribution in [0, 0.1) is 0 Å². The van der Waals surface area contributed by atoms with Crippen LogP contribution in [0.1, 0.15) is 45.1 Å². The minimum Gasteiger partial charge on any atom is -0.326 e. The summed E-state index contributed by atoms with van der Waals surface area (Å²) in [5.41, 5.74) is 8.07. The molecule has 0 spiro atoms. The van der Waals surface area contributed by atoms with E-state index in [1.54, 1.807) is 0 Å². The molecule has 0 saturated carbocycles. The summed E-state index contributed by atoms with van der Waals surface area (Å²) in [4.78, 5) is 2.63. The molecule has 2 heteroatoms. The van der Waals surface area contributed by atoms with Crippen LogP contribution in [0.15, 0.2) is 30.3 Å². The number of benzene rings is 1. The Morgan fingerprint density at radius 2 is 1.79 bits per heavy atom. The van der Waals surface area contributed by atoms with Crippen LogP contribution in [0.2, 0.25) is 0 Å². The van der Waals surface area contributed by atoms with Crippen molar-refractivity contribution < 1.29 is 0 Å². The second kappa shape index (κ2) is 6.53. The number of hydrogen-bond donors (Lipinski definition) is 1. The minimum absolute atomic E-state index is 0.135. The standard InChI is InChI=1S/C17H28N2/c1-3-17(2,19-12-8-5-9-13-19)16(18)14-15-10-6-4-7-11-15/h4,6-7,10-11,16H,3,5,8-9,12-14,18H2,1-2H3. The van der Waals surface area contributed by atoms with Gasteiger partial charge in [-0.15, -0.1) is 0 Å². The Hall–Kier alpha value is -0.860. The third-order valence-electron chi connectivity index (χ3n) is 4.89. The molecule has 1 saturated heterocycles. The van der Waals surface area contributed by atoms with E-state index in [1.165, 1.54) is 37.9 Å². The maximum atomic E-state index is 6.58. The lowest BCUT2D eigenvalue weighted by Crippen LogP contribution is -2.59. The quantitative estimate of drug-likeness (QED) is 0.881. The van der Waals surface area contributed by atoms with Gasteiger partial charge in [-0.1, -0.05) is 43.7 Å². The van der Waals surface area contributed by atoms with E-state index in [0.717, 1.165) is 12.8 Å². The van der Waals surface area contributed by atoms with Crippen molar-refractivity contribution in [2.75, 3.05) is 13.1 Å². The Morgan fingerprint density at radius 1 is 1.16 bits per heavy atom. The second-order valence-corrected chi connectivity index (χ2v) is 6.05. The Morgan fingerprint density at radius 3 is 2.37 bits per heavy atom. The fourth-order valence-corrected chi connectivity index (χ4v) is 3.21. The van der Waals surface area contributed by atoms with E-state index in [0.29, 0.717) is 0 Å². The normalized spacial score (nSPS) is 21.8. The van der Waals surface area contributed by atoms with Crippen molar-refractivity contribution in [3.63, 3.8) is 0 Å². The van der Waals surface area contributed by atoms with E-state index in [1.807, 2.05) is 0 Å². The highest BCUT2D eigenvalue weighted by atomic mass is 15.2. The zero-order valence-electron chi connectivity index (χ0n) is 12.4. The summed E-state index contributed by atoms with van der Waals surface area (Å²) in [7, 11) is 0. The van der Waals surface area contributed by atoms with Gasteiger partial charge in [-0.2, -0.15) is 0 Å². The molecule has 1 aliphatic heterocycles. The molecule has 106 valence electrons. The molecule has 1 fully saturated rings. The first kappa shape index (κ1) is 14.5. The van der Waals surface area contributed by atoms with E-state index in [4.69, 9.17) is 5.73 Å². The fourth-order valence-electron chi connectivity index (χ4n) is 3.21. The molecule has 0 radical (unpaired) electrons. The van der Waals surface area contributed by atoms with Crippen molar-refractivity contribution in [3.8, 4) is 0 Å². The van der Waals surface area contributed by atoms with Gasteiger partial charge in [0.2, 0.25) is 0 Å². The monoisotopic (exact) mass is 260 g/mol. The van der Waals surface area contributed by atoms with Gasteiger partial charge in [0.1, 0.15) is 0 Å². The summed E-state index contributed by atoms with van der Waals surface area (Å²) in [6.45, 7) is 7.06. The lowest BCUT2D eigenvalue weighted by molar-refractivity contribution is 0.0546. The molecule has 0 aromatic heterocycles. The van der Waals surface area contributed by atoms with Crippen LogP contribution >= 0.6 is 0 Å². The van der Waals surface area contributed by atoms with E-state index in [2.05, 4.69) is 49.1 Å². The van der Waals surface area contributed by atoms with Crippen molar-refractivity contribution in [3.05, 3.63) is 35.9 Å². The van der Waals surface area contributed by atoms with E-state index < -0.39 is 0 Å². The number of rotatable bonds is 5. The summed E-state index contributed by atoms with van der Waals surface area (Å²) in [6.07, 6.45) is 6.13. The highest BCUT2D eigenvalue weighted by Gasteiger charge is 2.36. The van der Waals surface area contributed by atoms with Crippen molar-refractivity contribution in [1.29, 1.82) is 0 Å². The Labute approximate surface area is 118 Å². The topological polar surface area (TPSA) is 29.3 Å². The number of likely N-dealkylation sites (tertiary alicyclic amines) is 1. The van der Waals surface area contributed by atoms with Crippen LogP contribution in [0.3, 0.4) is 0 Å². The smallest absolute Gasteiger partial charge is 0.0332 e. The summed E-state index contributed by atoms with van der Waals surface area (Å²) in [6, 6.07) is 10.9. The third kappa shape index (κ3) is 3.37. The molecule has 1 aromatic rings. The van der Waals surface area contributed by atoms with Crippen molar-refractivity contribution in [2.45, 2.75) is 57.5 Å². The van der Waals surface area contributed by atoms with Gasteiger partial charge in [-0.05, 0) is 51.3 Å². The zero-order valence-corrected chi connectivity index (χ0v) is 12.4. The molecule has 0 amide bonds. The summed E-state index contributed by atoms with van der Waals surface area (Å²) in [5, 5.41) is 0. The maximum absolute atomic E-state index is 6.58. The SMILES string of the molecule is CCC(C)(C(N)Cc1ccccc1)N1CCCCC1. The average Bonchev–Trinajstić information content (AvgIpc) is 2.48. The van der Waals surface area contributed by atoms with Crippen LogP contribution in [-0.2, 0) is 6.42 Å². The molecule has 2 rings (SSSR count). The van der Waals surface area contributed by atoms with E-state index in [-0.39, 0.29) is 11.6 Å². The summed E-state index contributed by atoms with van der Waals surface area (Å²) >= 11 is 0. The van der Waals surface area contributed by atoms with Crippen LogP contribution in [0.4, 0.5) is 0 Å². The number of piperidine rings is 1. The lowest BCUT2D eigenvalue weighted by atomic mass is 9.83.